The highest BCUT2D eigenvalue weighted by Crippen LogP contribution is 2.00. The summed E-state index contributed by atoms with van der Waals surface area (Å²) in [5, 5.41) is 30.6. The summed E-state index contributed by atoms with van der Waals surface area (Å²) in [7, 11) is 2.00. The van der Waals surface area contributed by atoms with Gasteiger partial charge in [-0.25, -0.2) is 9.59 Å². The lowest BCUT2D eigenvalue weighted by atomic mass is 10.2. The molecule has 0 bridgehead atoms. The Bertz CT molecular complexity index is 589. The molecule has 140 valence electrons. The van der Waals surface area contributed by atoms with E-state index >= 15 is 0 Å². The summed E-state index contributed by atoms with van der Waals surface area (Å²) in [6.45, 7) is 0. The normalized spacial score (nSPS) is 9.08. The Morgan fingerprint density at radius 3 is 1.12 bits per heavy atom. The van der Waals surface area contributed by atoms with Crippen LogP contribution in [-0.2, 0) is 9.59 Å². The molecule has 0 aliphatic carbocycles. The standard InChI is InChI=1S/2C9H8O2.2CH4O/c2*10-9(11)7-6-8-4-2-1-3-5-8;2*1-2/h2*1-7H,(H,10,11);2*2H,1H3. The van der Waals surface area contributed by atoms with E-state index in [2.05, 4.69) is 0 Å². The van der Waals surface area contributed by atoms with Crippen LogP contribution < -0.4 is 0 Å². The lowest BCUT2D eigenvalue weighted by molar-refractivity contribution is -0.132. The molecule has 2 aromatic rings. The van der Waals surface area contributed by atoms with Crippen LogP contribution in [0.3, 0.4) is 0 Å². The molecule has 0 saturated carbocycles. The molecule has 4 N–H and O–H groups in total. The van der Waals surface area contributed by atoms with Crippen molar-refractivity contribution >= 4 is 24.1 Å². The van der Waals surface area contributed by atoms with Crippen LogP contribution in [0.25, 0.3) is 12.2 Å². The highest BCUT2D eigenvalue weighted by Gasteiger charge is 1.86. The summed E-state index contributed by atoms with van der Waals surface area (Å²) >= 11 is 0. The summed E-state index contributed by atoms with van der Waals surface area (Å²) in [5.41, 5.74) is 1.80. The zero-order chi connectivity index (χ0) is 20.2. The molecule has 0 spiro atoms. The third kappa shape index (κ3) is 15.7. The quantitative estimate of drug-likeness (QED) is 0.623. The van der Waals surface area contributed by atoms with Crippen LogP contribution in [0.4, 0.5) is 0 Å². The first-order valence-electron chi connectivity index (χ1n) is 7.39. The second kappa shape index (κ2) is 18.1. The third-order valence-corrected chi connectivity index (χ3v) is 2.44. The largest absolute Gasteiger partial charge is 0.478 e. The molecule has 0 fully saturated rings. The molecule has 0 amide bonds. The molecular formula is C20H24O6. The lowest BCUT2D eigenvalue weighted by Crippen LogP contribution is -1.85. The van der Waals surface area contributed by atoms with Gasteiger partial charge in [0.05, 0.1) is 0 Å². The van der Waals surface area contributed by atoms with Crippen LogP contribution in [0.2, 0.25) is 0 Å². The number of hydrogen-bond acceptors (Lipinski definition) is 4. The van der Waals surface area contributed by atoms with Gasteiger partial charge in [0, 0.05) is 26.4 Å². The first kappa shape index (κ1) is 25.0. The van der Waals surface area contributed by atoms with Crippen molar-refractivity contribution in [1.82, 2.24) is 0 Å². The second-order valence-corrected chi connectivity index (χ2v) is 4.16. The van der Waals surface area contributed by atoms with Crippen LogP contribution in [-0.4, -0.2) is 46.6 Å². The number of aliphatic hydroxyl groups is 2. The van der Waals surface area contributed by atoms with Gasteiger partial charge in [-0.1, -0.05) is 60.7 Å². The van der Waals surface area contributed by atoms with Crippen molar-refractivity contribution < 1.29 is 30.0 Å². The van der Waals surface area contributed by atoms with Gasteiger partial charge < -0.3 is 20.4 Å². The second-order valence-electron chi connectivity index (χ2n) is 4.16. The van der Waals surface area contributed by atoms with Gasteiger partial charge >= 0.3 is 11.9 Å². The number of benzene rings is 2. The highest BCUT2D eigenvalue weighted by atomic mass is 16.4. The van der Waals surface area contributed by atoms with E-state index in [0.717, 1.165) is 37.5 Å². The Hall–Kier alpha value is -3.22. The average molecular weight is 360 g/mol. The molecule has 0 aliphatic heterocycles. The van der Waals surface area contributed by atoms with E-state index in [1.165, 1.54) is 0 Å². The Morgan fingerprint density at radius 2 is 0.885 bits per heavy atom. The SMILES string of the molecule is CO.CO.O=C(O)C=Cc1ccccc1.O=C(O)C=Cc1ccccc1. The molecule has 0 unspecified atom stereocenters. The molecule has 26 heavy (non-hydrogen) atoms. The van der Waals surface area contributed by atoms with Crippen molar-refractivity contribution in [3.05, 3.63) is 83.9 Å². The predicted octanol–water partition coefficient (Wildman–Crippen LogP) is 2.79. The van der Waals surface area contributed by atoms with Crippen molar-refractivity contribution in [1.29, 1.82) is 0 Å². The van der Waals surface area contributed by atoms with E-state index in [0.29, 0.717) is 0 Å². The molecule has 2 rings (SSSR count). The van der Waals surface area contributed by atoms with Crippen LogP contribution in [0.5, 0.6) is 0 Å². The summed E-state index contributed by atoms with van der Waals surface area (Å²) in [5.74, 6) is -1.84. The van der Waals surface area contributed by atoms with Gasteiger partial charge in [0.25, 0.3) is 0 Å². The maximum atomic E-state index is 10.1. The van der Waals surface area contributed by atoms with Gasteiger partial charge in [0.2, 0.25) is 0 Å². The van der Waals surface area contributed by atoms with E-state index in [4.69, 9.17) is 20.4 Å². The first-order chi connectivity index (χ1) is 12.6. The van der Waals surface area contributed by atoms with Crippen molar-refractivity contribution in [2.75, 3.05) is 14.2 Å². The van der Waals surface area contributed by atoms with Gasteiger partial charge in [0.15, 0.2) is 0 Å². The molecule has 0 saturated heterocycles. The first-order valence-corrected chi connectivity index (χ1v) is 7.39. The molecule has 0 radical (unpaired) electrons. The Morgan fingerprint density at radius 1 is 0.615 bits per heavy atom. The zero-order valence-corrected chi connectivity index (χ0v) is 14.7. The Balaban J connectivity index is 0. The van der Waals surface area contributed by atoms with Gasteiger partial charge in [-0.3, -0.25) is 0 Å². The van der Waals surface area contributed by atoms with E-state index < -0.39 is 11.9 Å². The number of aliphatic hydroxyl groups excluding tert-OH is 2. The summed E-state index contributed by atoms with van der Waals surface area (Å²) in [6.07, 6.45) is 5.36. The summed E-state index contributed by atoms with van der Waals surface area (Å²) in [4.78, 5) is 20.2. The monoisotopic (exact) mass is 360 g/mol. The molecule has 0 aromatic heterocycles. The van der Waals surface area contributed by atoms with Crippen LogP contribution in [0.1, 0.15) is 11.1 Å². The van der Waals surface area contributed by atoms with Gasteiger partial charge in [0.1, 0.15) is 0 Å². The van der Waals surface area contributed by atoms with Crippen LogP contribution in [0, 0.1) is 0 Å². The van der Waals surface area contributed by atoms with Crippen molar-refractivity contribution in [2.45, 2.75) is 0 Å². The number of hydrogen-bond donors (Lipinski definition) is 4. The zero-order valence-electron chi connectivity index (χ0n) is 14.7. The maximum Gasteiger partial charge on any atom is 0.328 e. The fourth-order valence-electron chi connectivity index (χ4n) is 1.46. The Kier molecular flexibility index (Phi) is 17.4. The maximum absolute atomic E-state index is 10.1. The molecule has 0 aliphatic rings. The number of carboxylic acids is 2. The molecule has 0 heterocycles. The van der Waals surface area contributed by atoms with E-state index in [9.17, 15) is 9.59 Å². The minimum absolute atomic E-state index is 0.898. The number of rotatable bonds is 4. The Labute approximate surface area is 153 Å². The molecular weight excluding hydrogens is 336 g/mol. The molecule has 2 aromatic carbocycles. The fourth-order valence-corrected chi connectivity index (χ4v) is 1.46. The van der Waals surface area contributed by atoms with Crippen LogP contribution >= 0.6 is 0 Å². The fraction of sp³-hybridized carbons (Fsp3) is 0.100. The molecule has 0 atom stereocenters. The van der Waals surface area contributed by atoms with E-state index in [1.54, 1.807) is 12.2 Å². The third-order valence-electron chi connectivity index (χ3n) is 2.44. The van der Waals surface area contributed by atoms with Crippen molar-refractivity contribution in [2.24, 2.45) is 0 Å². The number of aliphatic carboxylic acids is 2. The summed E-state index contributed by atoms with van der Waals surface area (Å²) in [6, 6.07) is 18.6. The van der Waals surface area contributed by atoms with Gasteiger partial charge in [-0.05, 0) is 23.3 Å². The van der Waals surface area contributed by atoms with Crippen LogP contribution in [0.15, 0.2) is 72.8 Å². The minimum Gasteiger partial charge on any atom is -0.478 e. The van der Waals surface area contributed by atoms with Crippen molar-refractivity contribution in [3.63, 3.8) is 0 Å². The van der Waals surface area contributed by atoms with E-state index in [-0.39, 0.29) is 0 Å². The van der Waals surface area contributed by atoms with E-state index in [1.807, 2.05) is 60.7 Å². The topological polar surface area (TPSA) is 115 Å². The lowest BCUT2D eigenvalue weighted by Gasteiger charge is -1.87. The summed E-state index contributed by atoms with van der Waals surface area (Å²) < 4.78 is 0. The average Bonchev–Trinajstić information content (AvgIpc) is 2.70. The smallest absolute Gasteiger partial charge is 0.328 e. The predicted molar refractivity (Wildman–Crippen MR) is 103 cm³/mol. The highest BCUT2D eigenvalue weighted by molar-refractivity contribution is 5.85. The molecule has 6 heteroatoms. The van der Waals surface area contributed by atoms with Gasteiger partial charge in [-0.2, -0.15) is 0 Å². The van der Waals surface area contributed by atoms with Gasteiger partial charge in [-0.15, -0.1) is 0 Å². The number of carboxylic acid groups (broad SMARTS) is 2. The van der Waals surface area contributed by atoms with Crippen molar-refractivity contribution in [3.8, 4) is 0 Å². The molecule has 6 nitrogen and oxygen atoms in total. The number of carbonyl (C=O) groups is 2. The minimum atomic E-state index is -0.922.